The molecular formula is C26H30N2O3. The van der Waals surface area contributed by atoms with Crippen LogP contribution in [0.25, 0.3) is 22.3 Å². The molecule has 0 spiro atoms. The van der Waals surface area contributed by atoms with Crippen molar-refractivity contribution in [1.82, 2.24) is 9.30 Å². The third-order valence-corrected chi connectivity index (χ3v) is 5.80. The lowest BCUT2D eigenvalue weighted by molar-refractivity contribution is 0.0377. The molecule has 0 bridgehead atoms. The minimum atomic E-state index is -0.304. The number of pyridine rings is 1. The Morgan fingerprint density at radius 1 is 1.10 bits per heavy atom. The summed E-state index contributed by atoms with van der Waals surface area (Å²) in [5.41, 5.74) is 7.67. The minimum Gasteiger partial charge on any atom is -0.459 e. The standard InChI is InChI=1S/C26H30N2O3/c1-17(2)31-26(29)23-16-24-22(21-8-6-18(3)7-9-21)10-11-28(24)25(19(23)4)20(5)27-12-14-30-15-13-27/h6-11,16-17H,5,12-15H2,1-4H3. The number of ether oxygens (including phenoxy) is 2. The molecular weight excluding hydrogens is 388 g/mol. The van der Waals surface area contributed by atoms with Crippen LogP contribution in [-0.2, 0) is 9.47 Å². The van der Waals surface area contributed by atoms with Gasteiger partial charge in [0.05, 0.1) is 41.8 Å². The van der Waals surface area contributed by atoms with Crippen LogP contribution in [0.4, 0.5) is 0 Å². The van der Waals surface area contributed by atoms with E-state index in [1.165, 1.54) is 5.56 Å². The van der Waals surface area contributed by atoms with E-state index in [1.54, 1.807) is 0 Å². The number of rotatable bonds is 5. The number of aromatic nitrogens is 1. The molecule has 0 amide bonds. The number of hydrogen-bond donors (Lipinski definition) is 0. The van der Waals surface area contributed by atoms with Gasteiger partial charge in [-0.15, -0.1) is 0 Å². The number of fused-ring (bicyclic) bond motifs is 1. The summed E-state index contributed by atoms with van der Waals surface area (Å²) in [6.45, 7) is 15.1. The van der Waals surface area contributed by atoms with E-state index in [2.05, 4.69) is 59.3 Å². The lowest BCUT2D eigenvalue weighted by atomic mass is 10.0. The van der Waals surface area contributed by atoms with Crippen LogP contribution >= 0.6 is 0 Å². The van der Waals surface area contributed by atoms with Crippen LogP contribution in [0.3, 0.4) is 0 Å². The number of nitrogens with zero attached hydrogens (tertiary/aromatic N) is 2. The lowest BCUT2D eigenvalue weighted by Gasteiger charge is -2.32. The Morgan fingerprint density at radius 3 is 2.42 bits per heavy atom. The van der Waals surface area contributed by atoms with Crippen molar-refractivity contribution >= 4 is 17.2 Å². The van der Waals surface area contributed by atoms with Crippen LogP contribution in [0.15, 0.2) is 49.2 Å². The number of morpholine rings is 1. The van der Waals surface area contributed by atoms with Gasteiger partial charge in [0.2, 0.25) is 0 Å². The van der Waals surface area contributed by atoms with E-state index in [-0.39, 0.29) is 12.1 Å². The van der Waals surface area contributed by atoms with E-state index in [4.69, 9.17) is 9.47 Å². The van der Waals surface area contributed by atoms with Crippen LogP contribution < -0.4 is 0 Å². The molecule has 162 valence electrons. The first-order valence-electron chi connectivity index (χ1n) is 10.8. The van der Waals surface area contributed by atoms with Gasteiger partial charge in [0.25, 0.3) is 0 Å². The highest BCUT2D eigenvalue weighted by molar-refractivity contribution is 5.96. The molecule has 1 fully saturated rings. The fourth-order valence-electron chi connectivity index (χ4n) is 4.15. The number of carbonyl (C=O) groups excluding carboxylic acids is 1. The highest BCUT2D eigenvalue weighted by atomic mass is 16.5. The molecule has 31 heavy (non-hydrogen) atoms. The average Bonchev–Trinajstić information content (AvgIpc) is 3.17. The van der Waals surface area contributed by atoms with Crippen LogP contribution in [0.1, 0.15) is 41.0 Å². The van der Waals surface area contributed by atoms with E-state index in [9.17, 15) is 4.79 Å². The molecule has 1 saturated heterocycles. The molecule has 1 aromatic carbocycles. The average molecular weight is 419 g/mol. The van der Waals surface area contributed by atoms with Gasteiger partial charge in [0.15, 0.2) is 0 Å². The molecule has 0 N–H and O–H groups in total. The van der Waals surface area contributed by atoms with Crippen molar-refractivity contribution < 1.29 is 14.3 Å². The lowest BCUT2D eigenvalue weighted by Crippen LogP contribution is -2.35. The van der Waals surface area contributed by atoms with E-state index in [1.807, 2.05) is 26.8 Å². The molecule has 3 aromatic rings. The topological polar surface area (TPSA) is 43.2 Å². The van der Waals surface area contributed by atoms with Crippen LogP contribution in [0, 0.1) is 13.8 Å². The number of aryl methyl sites for hydroxylation is 1. The Morgan fingerprint density at radius 2 is 1.77 bits per heavy atom. The number of esters is 1. The van der Waals surface area contributed by atoms with Crippen LogP contribution in [0.5, 0.6) is 0 Å². The van der Waals surface area contributed by atoms with Crippen molar-refractivity contribution in [2.75, 3.05) is 26.3 Å². The van der Waals surface area contributed by atoms with E-state index in [0.29, 0.717) is 18.8 Å². The van der Waals surface area contributed by atoms with Crippen molar-refractivity contribution in [3.05, 3.63) is 71.6 Å². The van der Waals surface area contributed by atoms with Gasteiger partial charge in [0.1, 0.15) is 0 Å². The molecule has 2 aromatic heterocycles. The zero-order chi connectivity index (χ0) is 22.1. The van der Waals surface area contributed by atoms with Gasteiger partial charge in [-0.2, -0.15) is 0 Å². The summed E-state index contributed by atoms with van der Waals surface area (Å²) in [5.74, 6) is -0.304. The monoisotopic (exact) mass is 418 g/mol. The summed E-state index contributed by atoms with van der Waals surface area (Å²) in [6.07, 6.45) is 1.88. The molecule has 4 rings (SSSR count). The van der Waals surface area contributed by atoms with Crippen LogP contribution in [0.2, 0.25) is 0 Å². The quantitative estimate of drug-likeness (QED) is 0.541. The fourth-order valence-corrected chi connectivity index (χ4v) is 4.15. The van der Waals surface area contributed by atoms with Crippen molar-refractivity contribution in [1.29, 1.82) is 0 Å². The number of benzene rings is 1. The van der Waals surface area contributed by atoms with Gasteiger partial charge >= 0.3 is 5.97 Å². The van der Waals surface area contributed by atoms with Crippen LogP contribution in [-0.4, -0.2) is 47.7 Å². The van der Waals surface area contributed by atoms with Crippen molar-refractivity contribution in [2.24, 2.45) is 0 Å². The zero-order valence-electron chi connectivity index (χ0n) is 18.8. The van der Waals surface area contributed by atoms with Gasteiger partial charge in [0, 0.05) is 24.8 Å². The van der Waals surface area contributed by atoms with E-state index < -0.39 is 0 Å². The second kappa shape index (κ2) is 8.60. The molecule has 5 nitrogen and oxygen atoms in total. The minimum absolute atomic E-state index is 0.183. The SMILES string of the molecule is C=C(c1c(C)c(C(=O)OC(C)C)cc2c(-c3ccc(C)cc3)ccn12)N1CCOCC1. The Hall–Kier alpha value is -3.05. The van der Waals surface area contributed by atoms with E-state index in [0.717, 1.165) is 46.7 Å². The molecule has 0 aliphatic carbocycles. The maximum Gasteiger partial charge on any atom is 0.338 e. The molecule has 5 heteroatoms. The summed E-state index contributed by atoms with van der Waals surface area (Å²) in [6, 6.07) is 12.5. The summed E-state index contributed by atoms with van der Waals surface area (Å²) in [7, 11) is 0. The highest BCUT2D eigenvalue weighted by Gasteiger charge is 2.24. The smallest absolute Gasteiger partial charge is 0.338 e. The molecule has 3 heterocycles. The number of hydrogen-bond acceptors (Lipinski definition) is 4. The number of carbonyl (C=O) groups is 1. The molecule has 0 radical (unpaired) electrons. The molecule has 0 atom stereocenters. The normalized spacial score (nSPS) is 14.3. The Balaban J connectivity index is 1.91. The molecule has 1 aliphatic heterocycles. The predicted molar refractivity (Wildman–Crippen MR) is 124 cm³/mol. The third kappa shape index (κ3) is 4.10. The maximum atomic E-state index is 13.0. The zero-order valence-corrected chi connectivity index (χ0v) is 18.8. The Kier molecular flexibility index (Phi) is 5.88. The molecule has 1 aliphatic rings. The molecule has 0 unspecified atom stereocenters. The largest absolute Gasteiger partial charge is 0.459 e. The second-order valence-electron chi connectivity index (χ2n) is 8.38. The molecule has 0 saturated carbocycles. The maximum absolute atomic E-state index is 13.0. The highest BCUT2D eigenvalue weighted by Crippen LogP contribution is 2.33. The van der Waals surface area contributed by atoms with E-state index >= 15 is 0 Å². The Labute approximate surface area is 183 Å². The van der Waals surface area contributed by atoms with Crippen molar-refractivity contribution in [3.8, 4) is 11.1 Å². The first-order valence-corrected chi connectivity index (χ1v) is 10.8. The first-order chi connectivity index (χ1) is 14.9. The predicted octanol–water partition coefficient (Wildman–Crippen LogP) is 5.09. The third-order valence-electron chi connectivity index (χ3n) is 5.80. The van der Waals surface area contributed by atoms with Gasteiger partial charge in [-0.05, 0) is 51.0 Å². The Bertz CT molecular complexity index is 1120. The summed E-state index contributed by atoms with van der Waals surface area (Å²) in [4.78, 5) is 15.2. The van der Waals surface area contributed by atoms with Crippen molar-refractivity contribution in [3.63, 3.8) is 0 Å². The summed E-state index contributed by atoms with van der Waals surface area (Å²) in [5, 5.41) is 0. The fraction of sp³-hybridized carbons (Fsp3) is 0.346. The second-order valence-corrected chi connectivity index (χ2v) is 8.38. The summed E-state index contributed by atoms with van der Waals surface area (Å²) < 4.78 is 13.2. The van der Waals surface area contributed by atoms with Gasteiger partial charge in [-0.3, -0.25) is 0 Å². The van der Waals surface area contributed by atoms with Gasteiger partial charge in [-0.1, -0.05) is 36.4 Å². The van der Waals surface area contributed by atoms with Crippen molar-refractivity contribution in [2.45, 2.75) is 33.8 Å². The van der Waals surface area contributed by atoms with Gasteiger partial charge in [-0.25, -0.2) is 4.79 Å². The van der Waals surface area contributed by atoms with Gasteiger partial charge < -0.3 is 18.8 Å². The summed E-state index contributed by atoms with van der Waals surface area (Å²) >= 11 is 0. The first kappa shape index (κ1) is 21.2.